The third-order valence-electron chi connectivity index (χ3n) is 6.28. The van der Waals surface area contributed by atoms with Gasteiger partial charge in [-0.3, -0.25) is 4.90 Å². The van der Waals surface area contributed by atoms with Gasteiger partial charge in [-0.15, -0.1) is 0 Å². The van der Waals surface area contributed by atoms with Crippen LogP contribution in [-0.2, 0) is 0 Å². The second-order valence-electron chi connectivity index (χ2n) is 7.59. The van der Waals surface area contributed by atoms with Crippen LogP contribution in [-0.4, -0.2) is 35.6 Å². The van der Waals surface area contributed by atoms with E-state index in [0.29, 0.717) is 5.54 Å². The quantitative estimate of drug-likeness (QED) is 0.837. The van der Waals surface area contributed by atoms with Gasteiger partial charge in [0.05, 0.1) is 0 Å². The van der Waals surface area contributed by atoms with Crippen LogP contribution < -0.4 is 5.32 Å². The zero-order valence-corrected chi connectivity index (χ0v) is 13.1. The average Bonchev–Trinajstić information content (AvgIpc) is 3.15. The highest BCUT2D eigenvalue weighted by atomic mass is 15.3. The maximum absolute atomic E-state index is 3.89. The van der Waals surface area contributed by atoms with E-state index in [4.69, 9.17) is 0 Å². The Bertz CT molecular complexity index is 306. The van der Waals surface area contributed by atoms with Gasteiger partial charge in [0.2, 0.25) is 0 Å². The lowest BCUT2D eigenvalue weighted by molar-refractivity contribution is 0.0221. The molecule has 1 N–H and O–H groups in total. The maximum atomic E-state index is 3.89. The Morgan fingerprint density at radius 1 is 1.21 bits per heavy atom. The first-order valence-electron chi connectivity index (χ1n) is 8.65. The van der Waals surface area contributed by atoms with Crippen LogP contribution >= 0.6 is 0 Å². The summed E-state index contributed by atoms with van der Waals surface area (Å²) in [6.45, 7) is 9.84. The first kappa shape index (κ1) is 13.9. The van der Waals surface area contributed by atoms with Crippen molar-refractivity contribution in [3.05, 3.63) is 0 Å². The first-order valence-corrected chi connectivity index (χ1v) is 8.65. The number of nitrogens with one attached hydrogen (secondary N) is 1. The molecule has 2 saturated carbocycles. The Hall–Kier alpha value is -0.0800. The van der Waals surface area contributed by atoms with Crippen LogP contribution in [0.3, 0.4) is 0 Å². The van der Waals surface area contributed by atoms with Crippen LogP contribution in [0.4, 0.5) is 0 Å². The van der Waals surface area contributed by atoms with Crippen LogP contribution in [0.1, 0.15) is 65.7 Å². The first-order chi connectivity index (χ1) is 9.14. The van der Waals surface area contributed by atoms with Gasteiger partial charge < -0.3 is 5.32 Å². The number of hydrogen-bond donors (Lipinski definition) is 1. The van der Waals surface area contributed by atoms with Crippen LogP contribution in [0.2, 0.25) is 0 Å². The molecule has 1 aliphatic heterocycles. The number of rotatable bonds is 4. The molecule has 3 unspecified atom stereocenters. The minimum Gasteiger partial charge on any atom is -0.308 e. The Kier molecular flexibility index (Phi) is 3.92. The van der Waals surface area contributed by atoms with Gasteiger partial charge in [-0.05, 0) is 57.8 Å². The van der Waals surface area contributed by atoms with Gasteiger partial charge >= 0.3 is 0 Å². The lowest BCUT2D eigenvalue weighted by Crippen LogP contribution is -2.66. The normalized spacial score (nSPS) is 39.6. The van der Waals surface area contributed by atoms with Crippen molar-refractivity contribution in [2.45, 2.75) is 83.3 Å². The van der Waals surface area contributed by atoms with E-state index in [2.05, 4.69) is 31.0 Å². The summed E-state index contributed by atoms with van der Waals surface area (Å²) in [5.41, 5.74) is 0.401. The predicted molar refractivity (Wildman–Crippen MR) is 81.3 cm³/mol. The van der Waals surface area contributed by atoms with Crippen LogP contribution in [0, 0.1) is 11.8 Å². The summed E-state index contributed by atoms with van der Waals surface area (Å²) < 4.78 is 0. The predicted octanol–water partition coefficient (Wildman–Crippen LogP) is 3.42. The summed E-state index contributed by atoms with van der Waals surface area (Å²) in [5, 5.41) is 3.89. The van der Waals surface area contributed by atoms with Crippen molar-refractivity contribution >= 4 is 0 Å². The molecule has 2 nitrogen and oxygen atoms in total. The molecule has 3 atom stereocenters. The SMILES string of the molecule is CCC1CNC(C)(C2CC2)CN1C(C)C1CCCC1. The highest BCUT2D eigenvalue weighted by Crippen LogP contribution is 2.43. The topological polar surface area (TPSA) is 15.3 Å². The van der Waals surface area contributed by atoms with E-state index in [-0.39, 0.29) is 0 Å². The summed E-state index contributed by atoms with van der Waals surface area (Å²) in [7, 11) is 0. The molecule has 2 aliphatic carbocycles. The minimum absolute atomic E-state index is 0.401. The zero-order valence-electron chi connectivity index (χ0n) is 13.1. The monoisotopic (exact) mass is 264 g/mol. The Morgan fingerprint density at radius 2 is 1.89 bits per heavy atom. The largest absolute Gasteiger partial charge is 0.308 e. The molecule has 0 aromatic rings. The van der Waals surface area contributed by atoms with Gasteiger partial charge in [0.15, 0.2) is 0 Å². The molecule has 0 spiro atoms. The zero-order chi connectivity index (χ0) is 13.5. The van der Waals surface area contributed by atoms with Crippen molar-refractivity contribution in [2.24, 2.45) is 11.8 Å². The van der Waals surface area contributed by atoms with E-state index in [1.165, 1.54) is 58.0 Å². The van der Waals surface area contributed by atoms with Crippen LogP contribution in [0.15, 0.2) is 0 Å². The molecule has 0 aromatic heterocycles. The second kappa shape index (κ2) is 5.37. The van der Waals surface area contributed by atoms with E-state index >= 15 is 0 Å². The smallest absolute Gasteiger partial charge is 0.0309 e. The van der Waals surface area contributed by atoms with Crippen molar-refractivity contribution in [3.63, 3.8) is 0 Å². The molecule has 3 fully saturated rings. The number of hydrogen-bond acceptors (Lipinski definition) is 2. The van der Waals surface area contributed by atoms with Crippen molar-refractivity contribution < 1.29 is 0 Å². The molecular weight excluding hydrogens is 232 g/mol. The molecule has 3 aliphatic rings. The van der Waals surface area contributed by atoms with Gasteiger partial charge in [-0.2, -0.15) is 0 Å². The fourth-order valence-electron chi connectivity index (χ4n) is 4.59. The van der Waals surface area contributed by atoms with Gasteiger partial charge in [0.1, 0.15) is 0 Å². The molecule has 0 aromatic carbocycles. The lowest BCUT2D eigenvalue weighted by atomic mass is 9.87. The molecule has 19 heavy (non-hydrogen) atoms. The van der Waals surface area contributed by atoms with Gasteiger partial charge in [0.25, 0.3) is 0 Å². The van der Waals surface area contributed by atoms with Crippen LogP contribution in [0.5, 0.6) is 0 Å². The Balaban J connectivity index is 1.70. The number of nitrogens with zero attached hydrogens (tertiary/aromatic N) is 1. The molecule has 3 rings (SSSR count). The highest BCUT2D eigenvalue weighted by molar-refractivity contribution is 5.05. The van der Waals surface area contributed by atoms with Crippen molar-refractivity contribution in [1.29, 1.82) is 0 Å². The summed E-state index contributed by atoms with van der Waals surface area (Å²) in [4.78, 5) is 2.88. The second-order valence-corrected chi connectivity index (χ2v) is 7.59. The average molecular weight is 264 g/mol. The summed E-state index contributed by atoms with van der Waals surface area (Å²) in [6, 6.07) is 1.56. The standard InChI is InChI=1S/C17H32N2/c1-4-16-11-18-17(3,15-9-10-15)12-19(16)13(2)14-7-5-6-8-14/h13-16,18H,4-12H2,1-3H3. The molecule has 0 amide bonds. The van der Waals surface area contributed by atoms with Gasteiger partial charge in [0, 0.05) is 30.7 Å². The third kappa shape index (κ3) is 2.71. The van der Waals surface area contributed by atoms with Crippen LogP contribution in [0.25, 0.3) is 0 Å². The molecule has 1 saturated heterocycles. The van der Waals surface area contributed by atoms with E-state index in [1.54, 1.807) is 0 Å². The lowest BCUT2D eigenvalue weighted by Gasteiger charge is -2.50. The van der Waals surface area contributed by atoms with Crippen molar-refractivity contribution in [1.82, 2.24) is 10.2 Å². The van der Waals surface area contributed by atoms with Crippen molar-refractivity contribution in [3.8, 4) is 0 Å². The summed E-state index contributed by atoms with van der Waals surface area (Å²) in [5.74, 6) is 1.92. The molecule has 0 bridgehead atoms. The summed E-state index contributed by atoms with van der Waals surface area (Å²) >= 11 is 0. The highest BCUT2D eigenvalue weighted by Gasteiger charge is 2.47. The maximum Gasteiger partial charge on any atom is 0.0309 e. The molecular formula is C17H32N2. The number of piperazine rings is 1. The van der Waals surface area contributed by atoms with Gasteiger partial charge in [-0.25, -0.2) is 0 Å². The van der Waals surface area contributed by atoms with E-state index in [9.17, 15) is 0 Å². The van der Waals surface area contributed by atoms with Gasteiger partial charge in [-0.1, -0.05) is 19.8 Å². The molecule has 0 radical (unpaired) electrons. The Labute approximate surface area is 119 Å². The summed E-state index contributed by atoms with van der Waals surface area (Å²) in [6.07, 6.45) is 10.1. The molecule has 110 valence electrons. The Morgan fingerprint density at radius 3 is 2.47 bits per heavy atom. The third-order valence-corrected chi connectivity index (χ3v) is 6.28. The van der Waals surface area contributed by atoms with E-state index < -0.39 is 0 Å². The molecule has 1 heterocycles. The molecule has 2 heteroatoms. The van der Waals surface area contributed by atoms with E-state index in [0.717, 1.165) is 23.9 Å². The van der Waals surface area contributed by atoms with E-state index in [1.807, 2.05) is 0 Å². The fraction of sp³-hybridized carbons (Fsp3) is 1.00. The minimum atomic E-state index is 0.401. The fourth-order valence-corrected chi connectivity index (χ4v) is 4.59. The van der Waals surface area contributed by atoms with Crippen molar-refractivity contribution in [2.75, 3.05) is 13.1 Å².